The zero-order valence-electron chi connectivity index (χ0n) is 9.24. The second-order valence-electron chi connectivity index (χ2n) is 2.96. The predicted molar refractivity (Wildman–Crippen MR) is 67.1 cm³/mol. The Morgan fingerprint density at radius 2 is 1.06 bits per heavy atom. The van der Waals surface area contributed by atoms with Crippen LogP contribution in [0.2, 0.25) is 0 Å². The molecule has 0 aliphatic heterocycles. The van der Waals surface area contributed by atoms with Crippen molar-refractivity contribution in [1.29, 1.82) is 5.41 Å². The van der Waals surface area contributed by atoms with Gasteiger partial charge in [-0.15, -0.1) is 0 Å². The second-order valence-corrected chi connectivity index (χ2v) is 2.96. The standard InChI is InChI=1S/C12H10O2.CH4N2/c1-3-7-11(8-4-1)13-14-12-9-5-2-6-10-12;2-1-3/h1-10H;1H,(H3,2,3). The normalized spacial score (nSPS) is 8.47. The molecule has 3 N–H and O–H groups in total. The lowest BCUT2D eigenvalue weighted by molar-refractivity contribution is -0.0999. The van der Waals surface area contributed by atoms with Gasteiger partial charge < -0.3 is 5.73 Å². The van der Waals surface area contributed by atoms with Crippen LogP contribution in [0.5, 0.6) is 11.5 Å². The fourth-order valence-corrected chi connectivity index (χ4v) is 1.05. The van der Waals surface area contributed by atoms with E-state index in [9.17, 15) is 0 Å². The topological polar surface area (TPSA) is 68.3 Å². The van der Waals surface area contributed by atoms with Crippen LogP contribution in [0.25, 0.3) is 0 Å². The van der Waals surface area contributed by atoms with Crippen molar-refractivity contribution < 1.29 is 9.78 Å². The Bertz CT molecular complexity index is 378. The molecule has 0 amide bonds. The molecule has 0 bridgehead atoms. The average molecular weight is 230 g/mol. The van der Waals surface area contributed by atoms with Crippen molar-refractivity contribution in [2.24, 2.45) is 5.73 Å². The highest BCUT2D eigenvalue weighted by Crippen LogP contribution is 2.13. The molecule has 0 radical (unpaired) electrons. The number of hydrogen-bond donors (Lipinski definition) is 2. The highest BCUT2D eigenvalue weighted by molar-refractivity contribution is 5.46. The first-order valence-corrected chi connectivity index (χ1v) is 5.02. The molecule has 0 spiro atoms. The summed E-state index contributed by atoms with van der Waals surface area (Å²) in [5.74, 6) is 1.38. The van der Waals surface area contributed by atoms with Crippen LogP contribution >= 0.6 is 0 Å². The van der Waals surface area contributed by atoms with Crippen molar-refractivity contribution in [2.75, 3.05) is 0 Å². The third-order valence-corrected chi connectivity index (χ3v) is 1.72. The molecule has 0 heterocycles. The van der Waals surface area contributed by atoms with Gasteiger partial charge in [0, 0.05) is 0 Å². The number of para-hydroxylation sites is 2. The average Bonchev–Trinajstić information content (AvgIpc) is 2.40. The summed E-state index contributed by atoms with van der Waals surface area (Å²) in [5.41, 5.74) is 4.39. The predicted octanol–water partition coefficient (Wildman–Crippen LogP) is 2.61. The van der Waals surface area contributed by atoms with Crippen LogP contribution in [-0.2, 0) is 0 Å². The minimum absolute atomic E-state index is 0.691. The van der Waals surface area contributed by atoms with E-state index in [4.69, 9.17) is 15.2 Å². The van der Waals surface area contributed by atoms with Gasteiger partial charge in [0.2, 0.25) is 0 Å². The third kappa shape index (κ3) is 5.22. The molecule has 88 valence electrons. The van der Waals surface area contributed by atoms with E-state index in [0.29, 0.717) is 11.5 Å². The highest BCUT2D eigenvalue weighted by Gasteiger charge is 1.94. The lowest BCUT2D eigenvalue weighted by atomic mass is 10.3. The van der Waals surface area contributed by atoms with E-state index in [2.05, 4.69) is 5.73 Å². The minimum Gasteiger partial charge on any atom is -0.390 e. The first-order chi connectivity index (χ1) is 8.36. The lowest BCUT2D eigenvalue weighted by Crippen LogP contribution is -1.99. The monoisotopic (exact) mass is 230 g/mol. The van der Waals surface area contributed by atoms with Gasteiger partial charge in [-0.2, -0.15) is 0 Å². The van der Waals surface area contributed by atoms with Crippen molar-refractivity contribution in [3.8, 4) is 11.5 Å². The smallest absolute Gasteiger partial charge is 0.178 e. The summed E-state index contributed by atoms with van der Waals surface area (Å²) in [4.78, 5) is 10.2. The Morgan fingerprint density at radius 3 is 1.35 bits per heavy atom. The summed E-state index contributed by atoms with van der Waals surface area (Å²) in [7, 11) is 0. The second kappa shape index (κ2) is 7.76. The van der Waals surface area contributed by atoms with Crippen molar-refractivity contribution >= 4 is 6.34 Å². The van der Waals surface area contributed by atoms with Gasteiger partial charge in [-0.25, -0.2) is 0 Å². The molecule has 0 aliphatic rings. The Labute approximate surface area is 100 Å². The molecule has 17 heavy (non-hydrogen) atoms. The summed E-state index contributed by atoms with van der Waals surface area (Å²) >= 11 is 0. The molecule has 4 heteroatoms. The van der Waals surface area contributed by atoms with E-state index in [-0.39, 0.29) is 0 Å². The van der Waals surface area contributed by atoms with E-state index in [1.165, 1.54) is 0 Å². The molecule has 4 nitrogen and oxygen atoms in total. The molecule has 2 aromatic rings. The van der Waals surface area contributed by atoms with Gasteiger partial charge in [-0.1, -0.05) is 36.4 Å². The quantitative estimate of drug-likeness (QED) is 0.368. The minimum atomic E-state index is 0.691. The maximum absolute atomic E-state index is 5.86. The van der Waals surface area contributed by atoms with Crippen LogP contribution in [-0.4, -0.2) is 6.34 Å². The van der Waals surface area contributed by atoms with E-state index >= 15 is 0 Å². The number of nitrogens with two attached hydrogens (primary N) is 1. The van der Waals surface area contributed by atoms with Gasteiger partial charge in [0.15, 0.2) is 11.5 Å². The Hall–Kier alpha value is -2.49. The van der Waals surface area contributed by atoms with Crippen LogP contribution in [0.1, 0.15) is 0 Å². The van der Waals surface area contributed by atoms with Gasteiger partial charge >= 0.3 is 0 Å². The Morgan fingerprint density at radius 1 is 0.765 bits per heavy atom. The van der Waals surface area contributed by atoms with E-state index in [0.717, 1.165) is 6.34 Å². The molecule has 0 aromatic heterocycles. The van der Waals surface area contributed by atoms with Crippen molar-refractivity contribution in [2.45, 2.75) is 0 Å². The van der Waals surface area contributed by atoms with Gasteiger partial charge in [-0.3, -0.25) is 15.2 Å². The lowest BCUT2D eigenvalue weighted by Gasteiger charge is -2.04. The van der Waals surface area contributed by atoms with Crippen molar-refractivity contribution in [1.82, 2.24) is 0 Å². The third-order valence-electron chi connectivity index (χ3n) is 1.72. The molecule has 0 saturated heterocycles. The van der Waals surface area contributed by atoms with Crippen LogP contribution in [0, 0.1) is 5.41 Å². The van der Waals surface area contributed by atoms with Gasteiger partial charge in [0.05, 0.1) is 6.34 Å². The first-order valence-electron chi connectivity index (χ1n) is 5.02. The highest BCUT2D eigenvalue weighted by atomic mass is 17.2. The molecule has 0 atom stereocenters. The van der Waals surface area contributed by atoms with E-state index < -0.39 is 0 Å². The maximum Gasteiger partial charge on any atom is 0.178 e. The Kier molecular flexibility index (Phi) is 5.74. The number of nitrogens with one attached hydrogen (secondary N) is 1. The molecule has 0 saturated carbocycles. The Balaban J connectivity index is 0.000000437. The van der Waals surface area contributed by atoms with Crippen molar-refractivity contribution in [3.63, 3.8) is 0 Å². The molecular formula is C13H14N2O2. The van der Waals surface area contributed by atoms with Crippen LogP contribution < -0.4 is 15.5 Å². The summed E-state index contributed by atoms with van der Waals surface area (Å²) in [6.45, 7) is 0. The van der Waals surface area contributed by atoms with Gasteiger partial charge in [-0.05, 0) is 24.3 Å². The maximum atomic E-state index is 5.86. The number of rotatable bonds is 3. The zero-order valence-corrected chi connectivity index (χ0v) is 9.24. The molecule has 0 aliphatic carbocycles. The van der Waals surface area contributed by atoms with Crippen LogP contribution in [0.4, 0.5) is 0 Å². The van der Waals surface area contributed by atoms with Gasteiger partial charge in [0.1, 0.15) is 0 Å². The van der Waals surface area contributed by atoms with Crippen LogP contribution in [0.3, 0.4) is 0 Å². The molecule has 0 unspecified atom stereocenters. The van der Waals surface area contributed by atoms with Crippen molar-refractivity contribution in [3.05, 3.63) is 60.7 Å². The fraction of sp³-hybridized carbons (Fsp3) is 0. The largest absolute Gasteiger partial charge is 0.390 e. The first kappa shape index (κ1) is 12.6. The zero-order chi connectivity index (χ0) is 12.3. The summed E-state index contributed by atoms with van der Waals surface area (Å²) < 4.78 is 0. The van der Waals surface area contributed by atoms with Crippen LogP contribution in [0.15, 0.2) is 60.7 Å². The molecule has 2 aromatic carbocycles. The summed E-state index contributed by atoms with van der Waals surface area (Å²) in [5, 5.41) is 5.86. The molecular weight excluding hydrogens is 216 g/mol. The molecule has 0 fully saturated rings. The van der Waals surface area contributed by atoms with E-state index in [1.54, 1.807) is 0 Å². The SMILES string of the molecule is N=CN.c1ccc(OOc2ccccc2)cc1. The summed E-state index contributed by atoms with van der Waals surface area (Å²) in [6, 6.07) is 18.8. The van der Waals surface area contributed by atoms with Gasteiger partial charge in [0.25, 0.3) is 0 Å². The molecule has 2 rings (SSSR count). The van der Waals surface area contributed by atoms with E-state index in [1.807, 2.05) is 60.7 Å². The number of hydrogen-bond acceptors (Lipinski definition) is 3. The fourth-order valence-electron chi connectivity index (χ4n) is 1.05. The summed E-state index contributed by atoms with van der Waals surface area (Å²) in [6.07, 6.45) is 0.750. The number of benzene rings is 2.